The number of amides is 1. The number of thioether (sulfide) groups is 1. The molecule has 7 heteroatoms. The van der Waals surface area contributed by atoms with Gasteiger partial charge in [0.05, 0.1) is 11.4 Å². The van der Waals surface area contributed by atoms with Crippen LogP contribution in [0.3, 0.4) is 0 Å². The number of nitrogens with zero attached hydrogens (tertiary/aromatic N) is 5. The number of carbonyl (C=O) groups excluding carboxylic acids is 1. The van der Waals surface area contributed by atoms with Crippen molar-refractivity contribution in [3.05, 3.63) is 30.3 Å². The molecule has 0 aliphatic carbocycles. The molecule has 0 radical (unpaired) electrons. The summed E-state index contributed by atoms with van der Waals surface area (Å²) in [5, 5.41) is 12.4. The molecule has 0 N–H and O–H groups in total. The number of aromatic nitrogens is 4. The zero-order chi connectivity index (χ0) is 15.4. The molecule has 0 atom stereocenters. The highest BCUT2D eigenvalue weighted by atomic mass is 32.2. The lowest BCUT2D eigenvalue weighted by atomic mass is 9.99. The van der Waals surface area contributed by atoms with Gasteiger partial charge in [-0.15, -0.1) is 5.10 Å². The Balaban J connectivity index is 1.61. The summed E-state index contributed by atoms with van der Waals surface area (Å²) in [6.07, 6.45) is 2.19. The molecule has 1 fully saturated rings. The highest BCUT2D eigenvalue weighted by Gasteiger charge is 2.21. The van der Waals surface area contributed by atoms with Crippen molar-refractivity contribution in [2.24, 2.45) is 5.92 Å². The largest absolute Gasteiger partial charge is 0.342 e. The van der Waals surface area contributed by atoms with E-state index in [2.05, 4.69) is 22.4 Å². The Hall–Kier alpha value is -1.89. The fraction of sp³-hybridized carbons (Fsp3) is 0.467. The predicted octanol–water partition coefficient (Wildman–Crippen LogP) is 2.01. The van der Waals surface area contributed by atoms with Gasteiger partial charge in [-0.2, -0.15) is 4.68 Å². The number of likely N-dealkylation sites (tertiary alicyclic amines) is 1. The van der Waals surface area contributed by atoms with Crippen molar-refractivity contribution >= 4 is 17.7 Å². The lowest BCUT2D eigenvalue weighted by Crippen LogP contribution is -2.38. The third-order valence-corrected chi connectivity index (χ3v) is 4.81. The Morgan fingerprint density at radius 2 is 2.00 bits per heavy atom. The minimum absolute atomic E-state index is 0.166. The van der Waals surface area contributed by atoms with Crippen molar-refractivity contribution < 1.29 is 4.79 Å². The summed E-state index contributed by atoms with van der Waals surface area (Å²) < 4.78 is 1.66. The molecule has 6 nitrogen and oxygen atoms in total. The molecule has 1 aliphatic heterocycles. The van der Waals surface area contributed by atoms with E-state index in [4.69, 9.17) is 0 Å². The van der Waals surface area contributed by atoms with Crippen LogP contribution in [0, 0.1) is 5.92 Å². The molecule has 0 saturated carbocycles. The third kappa shape index (κ3) is 3.47. The molecule has 22 heavy (non-hydrogen) atoms. The second-order valence-electron chi connectivity index (χ2n) is 5.56. The van der Waals surface area contributed by atoms with Crippen molar-refractivity contribution in [2.75, 3.05) is 18.8 Å². The second-order valence-corrected chi connectivity index (χ2v) is 6.50. The average Bonchev–Trinajstić information content (AvgIpc) is 3.02. The van der Waals surface area contributed by atoms with E-state index in [1.165, 1.54) is 11.8 Å². The topological polar surface area (TPSA) is 63.9 Å². The Morgan fingerprint density at radius 1 is 1.27 bits per heavy atom. The summed E-state index contributed by atoms with van der Waals surface area (Å²) in [5.41, 5.74) is 0.897. The summed E-state index contributed by atoms with van der Waals surface area (Å²) >= 11 is 1.39. The quantitative estimate of drug-likeness (QED) is 0.807. The Morgan fingerprint density at radius 3 is 2.73 bits per heavy atom. The maximum Gasteiger partial charge on any atom is 0.233 e. The Bertz CT molecular complexity index is 622. The minimum Gasteiger partial charge on any atom is -0.342 e. The monoisotopic (exact) mass is 317 g/mol. The highest BCUT2D eigenvalue weighted by molar-refractivity contribution is 7.99. The smallest absolute Gasteiger partial charge is 0.233 e. The van der Waals surface area contributed by atoms with Gasteiger partial charge in [0.1, 0.15) is 0 Å². The lowest BCUT2D eigenvalue weighted by Gasteiger charge is -2.30. The van der Waals surface area contributed by atoms with Crippen LogP contribution < -0.4 is 0 Å². The van der Waals surface area contributed by atoms with Gasteiger partial charge in [0.25, 0.3) is 0 Å². The number of tetrazole rings is 1. The van der Waals surface area contributed by atoms with Gasteiger partial charge >= 0.3 is 0 Å². The van der Waals surface area contributed by atoms with Crippen LogP contribution in [0.15, 0.2) is 35.5 Å². The van der Waals surface area contributed by atoms with Crippen molar-refractivity contribution in [1.29, 1.82) is 0 Å². The molecule has 1 saturated heterocycles. The molecule has 0 unspecified atom stereocenters. The summed E-state index contributed by atoms with van der Waals surface area (Å²) in [7, 11) is 0. The third-order valence-electron chi connectivity index (χ3n) is 3.90. The number of piperidine rings is 1. The van der Waals surface area contributed by atoms with E-state index in [0.29, 0.717) is 10.9 Å². The summed E-state index contributed by atoms with van der Waals surface area (Å²) in [5.74, 6) is 1.27. The van der Waals surface area contributed by atoms with E-state index in [1.807, 2.05) is 35.2 Å². The molecule has 2 heterocycles. The van der Waals surface area contributed by atoms with E-state index in [-0.39, 0.29) is 5.91 Å². The first kappa shape index (κ1) is 15.0. The zero-order valence-corrected chi connectivity index (χ0v) is 13.4. The number of rotatable bonds is 4. The van der Waals surface area contributed by atoms with Gasteiger partial charge < -0.3 is 4.90 Å². The maximum absolute atomic E-state index is 12.3. The Labute approximate surface area is 133 Å². The standard InChI is InChI=1S/C15H19N5OS/c1-12-7-9-19(10-8-12)14(21)11-22-15-16-17-18-20(15)13-5-3-2-4-6-13/h2-6,12H,7-11H2,1H3. The minimum atomic E-state index is 0.166. The van der Waals surface area contributed by atoms with E-state index in [0.717, 1.165) is 37.5 Å². The van der Waals surface area contributed by atoms with E-state index in [1.54, 1.807) is 4.68 Å². The number of carbonyl (C=O) groups is 1. The molecule has 0 bridgehead atoms. The molecule has 116 valence electrons. The molecule has 1 aliphatic rings. The first-order valence-corrected chi connectivity index (χ1v) is 8.47. The zero-order valence-electron chi connectivity index (χ0n) is 12.6. The molecular weight excluding hydrogens is 298 g/mol. The van der Waals surface area contributed by atoms with Crippen molar-refractivity contribution in [2.45, 2.75) is 24.9 Å². The Kier molecular flexibility index (Phi) is 4.72. The van der Waals surface area contributed by atoms with Gasteiger partial charge in [-0.3, -0.25) is 4.79 Å². The molecule has 2 aromatic rings. The van der Waals surface area contributed by atoms with Crippen LogP contribution in [0.25, 0.3) is 5.69 Å². The molecule has 0 spiro atoms. The first-order valence-electron chi connectivity index (χ1n) is 7.48. The van der Waals surface area contributed by atoms with Gasteiger partial charge in [-0.25, -0.2) is 0 Å². The number of hydrogen-bond acceptors (Lipinski definition) is 5. The fourth-order valence-corrected chi connectivity index (χ4v) is 3.27. The van der Waals surface area contributed by atoms with E-state index >= 15 is 0 Å². The second kappa shape index (κ2) is 6.91. The summed E-state index contributed by atoms with van der Waals surface area (Å²) in [6.45, 7) is 3.97. The molecular formula is C15H19N5OS. The highest BCUT2D eigenvalue weighted by Crippen LogP contribution is 2.20. The van der Waals surface area contributed by atoms with Gasteiger partial charge in [0.15, 0.2) is 0 Å². The van der Waals surface area contributed by atoms with Gasteiger partial charge in [0.2, 0.25) is 11.1 Å². The van der Waals surface area contributed by atoms with Crippen molar-refractivity contribution in [3.63, 3.8) is 0 Å². The van der Waals surface area contributed by atoms with Crippen molar-refractivity contribution in [3.8, 4) is 5.69 Å². The van der Waals surface area contributed by atoms with Crippen LogP contribution in [-0.2, 0) is 4.79 Å². The average molecular weight is 317 g/mol. The van der Waals surface area contributed by atoms with E-state index < -0.39 is 0 Å². The predicted molar refractivity (Wildman–Crippen MR) is 84.9 cm³/mol. The van der Waals surface area contributed by atoms with Gasteiger partial charge in [0, 0.05) is 13.1 Å². The van der Waals surface area contributed by atoms with Crippen LogP contribution in [0.1, 0.15) is 19.8 Å². The first-order chi connectivity index (χ1) is 10.7. The van der Waals surface area contributed by atoms with Crippen molar-refractivity contribution in [1.82, 2.24) is 25.1 Å². The van der Waals surface area contributed by atoms with Crippen LogP contribution in [0.5, 0.6) is 0 Å². The van der Waals surface area contributed by atoms with E-state index in [9.17, 15) is 4.79 Å². The number of para-hydroxylation sites is 1. The molecule has 1 aromatic heterocycles. The van der Waals surface area contributed by atoms with Crippen LogP contribution in [0.4, 0.5) is 0 Å². The molecule has 3 rings (SSSR count). The summed E-state index contributed by atoms with van der Waals surface area (Å²) in [6, 6.07) is 9.70. The summed E-state index contributed by atoms with van der Waals surface area (Å²) in [4.78, 5) is 14.2. The SMILES string of the molecule is CC1CCN(C(=O)CSc2nnnn2-c2ccccc2)CC1. The van der Waals surface area contributed by atoms with Gasteiger partial charge in [-0.05, 0) is 41.3 Å². The lowest BCUT2D eigenvalue weighted by molar-refractivity contribution is -0.129. The number of benzene rings is 1. The van der Waals surface area contributed by atoms with Gasteiger partial charge in [-0.1, -0.05) is 36.9 Å². The normalized spacial score (nSPS) is 16.0. The van der Waals surface area contributed by atoms with Crippen LogP contribution >= 0.6 is 11.8 Å². The van der Waals surface area contributed by atoms with Crippen LogP contribution in [0.2, 0.25) is 0 Å². The number of hydrogen-bond donors (Lipinski definition) is 0. The maximum atomic E-state index is 12.3. The molecule has 1 aromatic carbocycles. The van der Waals surface area contributed by atoms with Crippen LogP contribution in [-0.4, -0.2) is 49.9 Å². The molecule has 1 amide bonds. The fourth-order valence-electron chi connectivity index (χ4n) is 2.48.